The molecule has 0 heterocycles. The highest BCUT2D eigenvalue weighted by Gasteiger charge is 2.35. The van der Waals surface area contributed by atoms with Crippen molar-refractivity contribution in [3.63, 3.8) is 0 Å². The first-order chi connectivity index (χ1) is 8.94. The quantitative estimate of drug-likeness (QED) is 0.825. The van der Waals surface area contributed by atoms with E-state index in [2.05, 4.69) is 6.58 Å². The molecule has 2 rings (SSSR count). The van der Waals surface area contributed by atoms with Gasteiger partial charge in [-0.15, -0.1) is 6.58 Å². The van der Waals surface area contributed by atoms with Crippen LogP contribution in [0, 0.1) is 5.41 Å². The minimum atomic E-state index is -0.218. The standard InChI is InChI=1S/C17H20O2/c1-4-13(12-8-6-5-7-9-12)16-14(18)10-17(2,3)11-15(16)19/h4-9,13,18H,1,10-11H2,2-3H3. The summed E-state index contributed by atoms with van der Waals surface area (Å²) in [7, 11) is 0. The Labute approximate surface area is 114 Å². The van der Waals surface area contributed by atoms with E-state index in [0.717, 1.165) is 5.56 Å². The summed E-state index contributed by atoms with van der Waals surface area (Å²) in [5.41, 5.74) is 1.35. The molecule has 0 aromatic heterocycles. The summed E-state index contributed by atoms with van der Waals surface area (Å²) in [6.07, 6.45) is 2.76. The number of aliphatic hydroxyl groups is 1. The Morgan fingerprint density at radius 3 is 2.42 bits per heavy atom. The molecule has 0 bridgehead atoms. The molecule has 100 valence electrons. The second-order valence-electron chi connectivity index (χ2n) is 5.93. The van der Waals surface area contributed by atoms with Gasteiger partial charge in [-0.05, 0) is 11.0 Å². The van der Waals surface area contributed by atoms with Gasteiger partial charge in [-0.25, -0.2) is 0 Å². The molecule has 0 radical (unpaired) electrons. The van der Waals surface area contributed by atoms with E-state index < -0.39 is 0 Å². The number of allylic oxidation sites excluding steroid dienone is 3. The van der Waals surface area contributed by atoms with Crippen LogP contribution in [0.25, 0.3) is 0 Å². The number of ketones is 1. The Balaban J connectivity index is 2.44. The van der Waals surface area contributed by atoms with Crippen LogP contribution in [0.4, 0.5) is 0 Å². The van der Waals surface area contributed by atoms with Gasteiger partial charge in [-0.1, -0.05) is 50.3 Å². The van der Waals surface area contributed by atoms with E-state index in [4.69, 9.17) is 0 Å². The zero-order chi connectivity index (χ0) is 14.0. The van der Waals surface area contributed by atoms with E-state index in [1.807, 2.05) is 44.2 Å². The third kappa shape index (κ3) is 2.78. The minimum Gasteiger partial charge on any atom is -0.512 e. The average molecular weight is 256 g/mol. The van der Waals surface area contributed by atoms with Gasteiger partial charge in [0.2, 0.25) is 0 Å². The van der Waals surface area contributed by atoms with Crippen molar-refractivity contribution >= 4 is 5.78 Å². The number of hydrogen-bond acceptors (Lipinski definition) is 2. The summed E-state index contributed by atoms with van der Waals surface area (Å²) >= 11 is 0. The van der Waals surface area contributed by atoms with Crippen LogP contribution in [0.15, 0.2) is 54.3 Å². The number of benzene rings is 1. The molecule has 1 unspecified atom stereocenters. The number of carbonyl (C=O) groups is 1. The molecule has 1 aliphatic rings. The summed E-state index contributed by atoms with van der Waals surface area (Å²) in [6, 6.07) is 9.71. The van der Waals surface area contributed by atoms with Crippen molar-refractivity contribution < 1.29 is 9.90 Å². The van der Waals surface area contributed by atoms with E-state index in [1.54, 1.807) is 6.08 Å². The monoisotopic (exact) mass is 256 g/mol. The second-order valence-corrected chi connectivity index (χ2v) is 5.93. The molecule has 1 aliphatic carbocycles. The molecule has 1 aromatic carbocycles. The van der Waals surface area contributed by atoms with Gasteiger partial charge in [0.05, 0.1) is 0 Å². The van der Waals surface area contributed by atoms with Crippen LogP contribution in [0.2, 0.25) is 0 Å². The fourth-order valence-corrected chi connectivity index (χ4v) is 2.74. The van der Waals surface area contributed by atoms with Crippen molar-refractivity contribution in [2.75, 3.05) is 0 Å². The molecule has 1 aromatic rings. The van der Waals surface area contributed by atoms with Gasteiger partial charge in [0.25, 0.3) is 0 Å². The largest absolute Gasteiger partial charge is 0.512 e. The lowest BCUT2D eigenvalue weighted by molar-refractivity contribution is -0.118. The molecular formula is C17H20O2. The maximum atomic E-state index is 12.3. The zero-order valence-electron chi connectivity index (χ0n) is 11.5. The highest BCUT2D eigenvalue weighted by atomic mass is 16.3. The third-order valence-corrected chi connectivity index (χ3v) is 3.60. The lowest BCUT2D eigenvalue weighted by atomic mass is 9.72. The lowest BCUT2D eigenvalue weighted by Crippen LogP contribution is -2.28. The number of rotatable bonds is 3. The molecule has 0 saturated heterocycles. The van der Waals surface area contributed by atoms with Crippen LogP contribution in [-0.4, -0.2) is 10.9 Å². The van der Waals surface area contributed by atoms with Crippen molar-refractivity contribution in [3.05, 3.63) is 59.9 Å². The Hall–Kier alpha value is -1.83. The first-order valence-electron chi connectivity index (χ1n) is 6.57. The van der Waals surface area contributed by atoms with E-state index in [0.29, 0.717) is 18.4 Å². The van der Waals surface area contributed by atoms with E-state index in [9.17, 15) is 9.90 Å². The van der Waals surface area contributed by atoms with Crippen LogP contribution < -0.4 is 0 Å². The Morgan fingerprint density at radius 2 is 1.89 bits per heavy atom. The van der Waals surface area contributed by atoms with Crippen molar-refractivity contribution in [1.82, 2.24) is 0 Å². The first kappa shape index (κ1) is 13.6. The number of aliphatic hydroxyl groups excluding tert-OH is 1. The van der Waals surface area contributed by atoms with Gasteiger partial charge in [-0.2, -0.15) is 0 Å². The smallest absolute Gasteiger partial charge is 0.163 e. The summed E-state index contributed by atoms with van der Waals surface area (Å²) in [5, 5.41) is 10.2. The summed E-state index contributed by atoms with van der Waals surface area (Å²) in [5.74, 6) is 0.0299. The highest BCUT2D eigenvalue weighted by molar-refractivity contribution is 5.99. The summed E-state index contributed by atoms with van der Waals surface area (Å²) in [6.45, 7) is 7.83. The van der Waals surface area contributed by atoms with Crippen LogP contribution in [0.5, 0.6) is 0 Å². The average Bonchev–Trinajstić information content (AvgIpc) is 2.33. The molecule has 1 N–H and O–H groups in total. The van der Waals surface area contributed by atoms with Gasteiger partial charge in [0.15, 0.2) is 5.78 Å². The first-order valence-corrected chi connectivity index (χ1v) is 6.57. The molecule has 0 fully saturated rings. The van der Waals surface area contributed by atoms with E-state index >= 15 is 0 Å². The van der Waals surface area contributed by atoms with Gasteiger partial charge in [0.1, 0.15) is 5.76 Å². The fourth-order valence-electron chi connectivity index (χ4n) is 2.74. The lowest BCUT2D eigenvalue weighted by Gasteiger charge is -2.31. The van der Waals surface area contributed by atoms with Crippen LogP contribution in [0.1, 0.15) is 38.2 Å². The maximum absolute atomic E-state index is 12.3. The molecule has 1 atom stereocenters. The molecule has 0 aliphatic heterocycles. The highest BCUT2D eigenvalue weighted by Crippen LogP contribution is 2.40. The molecule has 0 spiro atoms. The van der Waals surface area contributed by atoms with E-state index in [1.165, 1.54) is 0 Å². The van der Waals surface area contributed by atoms with Crippen LogP contribution in [-0.2, 0) is 4.79 Å². The van der Waals surface area contributed by atoms with Crippen LogP contribution >= 0.6 is 0 Å². The normalized spacial score (nSPS) is 20.2. The van der Waals surface area contributed by atoms with Crippen molar-refractivity contribution in [2.45, 2.75) is 32.6 Å². The van der Waals surface area contributed by atoms with E-state index in [-0.39, 0.29) is 22.9 Å². The second kappa shape index (κ2) is 5.04. The summed E-state index contributed by atoms with van der Waals surface area (Å²) < 4.78 is 0. The van der Waals surface area contributed by atoms with Crippen molar-refractivity contribution in [3.8, 4) is 0 Å². The molecule has 0 amide bonds. The maximum Gasteiger partial charge on any atom is 0.163 e. The molecule has 0 saturated carbocycles. The Morgan fingerprint density at radius 1 is 1.26 bits per heavy atom. The molecule has 19 heavy (non-hydrogen) atoms. The SMILES string of the molecule is C=CC(C1=C(O)CC(C)(C)CC1=O)c1ccccc1. The summed E-state index contributed by atoms with van der Waals surface area (Å²) in [4.78, 5) is 12.3. The number of Topliss-reactive ketones (excluding diaryl/α,β-unsaturated/α-hetero) is 1. The van der Waals surface area contributed by atoms with Crippen LogP contribution in [0.3, 0.4) is 0 Å². The predicted molar refractivity (Wildman–Crippen MR) is 77.1 cm³/mol. The third-order valence-electron chi connectivity index (χ3n) is 3.60. The van der Waals surface area contributed by atoms with Gasteiger partial charge in [-0.3, -0.25) is 4.79 Å². The van der Waals surface area contributed by atoms with Gasteiger partial charge < -0.3 is 5.11 Å². The fraction of sp³-hybridized carbons (Fsp3) is 0.353. The zero-order valence-corrected chi connectivity index (χ0v) is 11.5. The predicted octanol–water partition coefficient (Wildman–Crippen LogP) is 4.16. The topological polar surface area (TPSA) is 37.3 Å². The number of carbonyl (C=O) groups excluding carboxylic acids is 1. The van der Waals surface area contributed by atoms with Gasteiger partial charge in [0, 0.05) is 24.3 Å². The number of hydrogen-bond donors (Lipinski definition) is 1. The molecular weight excluding hydrogens is 236 g/mol. The van der Waals surface area contributed by atoms with Gasteiger partial charge >= 0.3 is 0 Å². The molecule has 2 heteroatoms. The molecule has 2 nitrogen and oxygen atoms in total. The Bertz CT molecular complexity index is 523. The minimum absolute atomic E-state index is 0.0301. The van der Waals surface area contributed by atoms with Crippen molar-refractivity contribution in [1.29, 1.82) is 0 Å². The van der Waals surface area contributed by atoms with Crippen molar-refractivity contribution in [2.24, 2.45) is 5.41 Å². The Kier molecular flexibility index (Phi) is 3.61.